The maximum absolute atomic E-state index is 11.3. The zero-order valence-corrected chi connectivity index (χ0v) is 8.60. The summed E-state index contributed by atoms with van der Waals surface area (Å²) in [7, 11) is 0. The summed E-state index contributed by atoms with van der Waals surface area (Å²) in [6, 6.07) is 3.38. The van der Waals surface area contributed by atoms with Crippen molar-refractivity contribution in [2.75, 3.05) is 0 Å². The van der Waals surface area contributed by atoms with Crippen molar-refractivity contribution in [1.29, 1.82) is 0 Å². The van der Waals surface area contributed by atoms with E-state index in [1.165, 1.54) is 0 Å². The van der Waals surface area contributed by atoms with Gasteiger partial charge in [0.05, 0.1) is 25.1 Å². The van der Waals surface area contributed by atoms with Crippen molar-refractivity contribution in [3.8, 4) is 0 Å². The third-order valence-electron chi connectivity index (χ3n) is 2.07. The van der Waals surface area contributed by atoms with Crippen molar-refractivity contribution >= 4 is 6.03 Å². The van der Waals surface area contributed by atoms with Gasteiger partial charge in [0.2, 0.25) is 0 Å². The normalized spacial score (nSPS) is 10.0. The molecule has 0 unspecified atom stereocenters. The van der Waals surface area contributed by atoms with Gasteiger partial charge in [-0.25, -0.2) is 4.79 Å². The van der Waals surface area contributed by atoms with Crippen LogP contribution in [-0.4, -0.2) is 6.03 Å². The topological polar surface area (TPSA) is 67.4 Å². The van der Waals surface area contributed by atoms with Gasteiger partial charge >= 0.3 is 6.03 Å². The van der Waals surface area contributed by atoms with Crippen molar-refractivity contribution in [3.63, 3.8) is 0 Å². The second-order valence-corrected chi connectivity index (χ2v) is 3.30. The van der Waals surface area contributed by atoms with Gasteiger partial charge in [-0.2, -0.15) is 0 Å². The molecule has 0 saturated carbocycles. The van der Waals surface area contributed by atoms with E-state index in [-0.39, 0.29) is 6.03 Å². The summed E-state index contributed by atoms with van der Waals surface area (Å²) < 4.78 is 9.76. The van der Waals surface area contributed by atoms with E-state index in [9.17, 15) is 4.79 Å². The van der Waals surface area contributed by atoms with Crippen LogP contribution >= 0.6 is 0 Å². The maximum atomic E-state index is 11.3. The summed E-state index contributed by atoms with van der Waals surface area (Å²) in [6.45, 7) is 0.904. The molecule has 0 atom stereocenters. The van der Waals surface area contributed by atoms with Crippen LogP contribution in [0, 0.1) is 0 Å². The van der Waals surface area contributed by atoms with Crippen molar-refractivity contribution < 1.29 is 13.6 Å². The Morgan fingerprint density at radius 3 is 1.88 bits per heavy atom. The van der Waals surface area contributed by atoms with Crippen LogP contribution in [0.5, 0.6) is 0 Å². The van der Waals surface area contributed by atoms with E-state index in [4.69, 9.17) is 8.83 Å². The zero-order valence-electron chi connectivity index (χ0n) is 8.60. The molecule has 0 aliphatic heterocycles. The maximum Gasteiger partial charge on any atom is 0.315 e. The summed E-state index contributed by atoms with van der Waals surface area (Å²) in [5.74, 6) is 0. The molecule has 0 aliphatic rings. The van der Waals surface area contributed by atoms with Gasteiger partial charge < -0.3 is 19.5 Å². The molecule has 2 rings (SSSR count). The fraction of sp³-hybridized carbons (Fsp3) is 0.182. The Kier molecular flexibility index (Phi) is 3.28. The molecule has 0 aliphatic carbocycles. The van der Waals surface area contributed by atoms with E-state index in [1.807, 2.05) is 0 Å². The number of amides is 2. The Morgan fingerprint density at radius 1 is 1.00 bits per heavy atom. The van der Waals surface area contributed by atoms with Gasteiger partial charge in [0.1, 0.15) is 0 Å². The molecular weight excluding hydrogens is 208 g/mol. The molecule has 0 bridgehead atoms. The van der Waals surface area contributed by atoms with E-state index in [2.05, 4.69) is 10.6 Å². The molecular formula is C11H12N2O3. The molecule has 5 heteroatoms. The van der Waals surface area contributed by atoms with E-state index in [1.54, 1.807) is 37.2 Å². The van der Waals surface area contributed by atoms with Crippen LogP contribution in [0.1, 0.15) is 11.1 Å². The number of carbonyl (C=O) groups excluding carboxylic acids is 1. The molecule has 0 spiro atoms. The summed E-state index contributed by atoms with van der Waals surface area (Å²) in [5, 5.41) is 5.41. The monoisotopic (exact) mass is 220 g/mol. The van der Waals surface area contributed by atoms with Crippen molar-refractivity contribution in [1.82, 2.24) is 10.6 Å². The number of hydrogen-bond donors (Lipinski definition) is 2. The molecule has 2 N–H and O–H groups in total. The molecule has 2 aromatic rings. The number of nitrogens with one attached hydrogen (secondary N) is 2. The second kappa shape index (κ2) is 5.06. The first-order valence-corrected chi connectivity index (χ1v) is 4.88. The number of rotatable bonds is 4. The quantitative estimate of drug-likeness (QED) is 0.826. The fourth-order valence-electron chi connectivity index (χ4n) is 1.21. The summed E-state index contributed by atoms with van der Waals surface area (Å²) in [4.78, 5) is 11.3. The van der Waals surface area contributed by atoms with Crippen LogP contribution in [0.3, 0.4) is 0 Å². The van der Waals surface area contributed by atoms with Gasteiger partial charge in [-0.3, -0.25) is 0 Å². The van der Waals surface area contributed by atoms with E-state index in [0.29, 0.717) is 13.1 Å². The van der Waals surface area contributed by atoms with Crippen LogP contribution in [-0.2, 0) is 13.1 Å². The minimum absolute atomic E-state index is 0.220. The first-order chi connectivity index (χ1) is 7.84. The number of furan rings is 2. The third kappa shape index (κ3) is 2.91. The first kappa shape index (κ1) is 10.4. The van der Waals surface area contributed by atoms with Crippen molar-refractivity contribution in [2.24, 2.45) is 0 Å². The molecule has 84 valence electrons. The smallest absolute Gasteiger partial charge is 0.315 e. The summed E-state index contributed by atoms with van der Waals surface area (Å²) >= 11 is 0. The number of hydrogen-bond acceptors (Lipinski definition) is 3. The standard InChI is InChI=1S/C11H12N2O3/c14-11(12-5-9-1-3-15-7-9)13-6-10-2-4-16-8-10/h1-4,7-8H,5-6H2,(H2,12,13,14). The van der Waals surface area contributed by atoms with Gasteiger partial charge in [0, 0.05) is 24.2 Å². The molecule has 2 heterocycles. The SMILES string of the molecule is O=C(NCc1ccoc1)NCc1ccoc1. The average Bonchev–Trinajstić information content (AvgIpc) is 2.96. The van der Waals surface area contributed by atoms with Crippen LogP contribution in [0.4, 0.5) is 4.79 Å². The predicted octanol–water partition coefficient (Wildman–Crippen LogP) is 1.87. The molecule has 0 fully saturated rings. The lowest BCUT2D eigenvalue weighted by Crippen LogP contribution is -2.34. The molecule has 0 saturated heterocycles. The van der Waals surface area contributed by atoms with Gasteiger partial charge in [0.25, 0.3) is 0 Å². The lowest BCUT2D eigenvalue weighted by Gasteiger charge is -2.04. The highest BCUT2D eigenvalue weighted by Crippen LogP contribution is 1.99. The molecule has 16 heavy (non-hydrogen) atoms. The van der Waals surface area contributed by atoms with Gasteiger partial charge in [-0.05, 0) is 12.1 Å². The fourth-order valence-corrected chi connectivity index (χ4v) is 1.21. The molecule has 2 amide bonds. The number of urea groups is 1. The summed E-state index contributed by atoms with van der Waals surface area (Å²) in [5.41, 5.74) is 1.86. The molecule has 0 radical (unpaired) electrons. The highest BCUT2D eigenvalue weighted by molar-refractivity contribution is 5.73. The van der Waals surface area contributed by atoms with E-state index < -0.39 is 0 Å². The Bertz CT molecular complexity index is 380. The Balaban J connectivity index is 1.69. The largest absolute Gasteiger partial charge is 0.472 e. The molecule has 0 aromatic carbocycles. The van der Waals surface area contributed by atoms with Crippen molar-refractivity contribution in [2.45, 2.75) is 13.1 Å². The minimum atomic E-state index is -0.220. The first-order valence-electron chi connectivity index (χ1n) is 4.88. The van der Waals surface area contributed by atoms with Crippen LogP contribution in [0.25, 0.3) is 0 Å². The zero-order chi connectivity index (χ0) is 11.2. The van der Waals surface area contributed by atoms with Gasteiger partial charge in [0.15, 0.2) is 0 Å². The van der Waals surface area contributed by atoms with Crippen LogP contribution < -0.4 is 10.6 Å². The minimum Gasteiger partial charge on any atom is -0.472 e. The second-order valence-electron chi connectivity index (χ2n) is 3.30. The Hall–Kier alpha value is -2.17. The predicted molar refractivity (Wildman–Crippen MR) is 56.5 cm³/mol. The lowest BCUT2D eigenvalue weighted by molar-refractivity contribution is 0.240. The van der Waals surface area contributed by atoms with Crippen LogP contribution in [0.15, 0.2) is 46.0 Å². The Morgan fingerprint density at radius 2 is 1.50 bits per heavy atom. The van der Waals surface area contributed by atoms with Crippen LogP contribution in [0.2, 0.25) is 0 Å². The highest BCUT2D eigenvalue weighted by atomic mass is 16.3. The molecule has 5 nitrogen and oxygen atoms in total. The van der Waals surface area contributed by atoms with Crippen molar-refractivity contribution in [3.05, 3.63) is 48.3 Å². The van der Waals surface area contributed by atoms with Gasteiger partial charge in [-0.1, -0.05) is 0 Å². The Labute approximate surface area is 92.4 Å². The van der Waals surface area contributed by atoms with E-state index in [0.717, 1.165) is 11.1 Å². The lowest BCUT2D eigenvalue weighted by atomic mass is 10.3. The third-order valence-corrected chi connectivity index (χ3v) is 2.07. The van der Waals surface area contributed by atoms with Gasteiger partial charge in [-0.15, -0.1) is 0 Å². The summed E-state index contributed by atoms with van der Waals surface area (Å²) in [6.07, 6.45) is 6.33. The molecule has 2 aromatic heterocycles. The van der Waals surface area contributed by atoms with E-state index >= 15 is 0 Å². The highest BCUT2D eigenvalue weighted by Gasteiger charge is 2.01. The number of carbonyl (C=O) groups is 1. The average molecular weight is 220 g/mol.